The molecule has 0 aliphatic carbocycles. The quantitative estimate of drug-likeness (QED) is 0.779. The lowest BCUT2D eigenvalue weighted by molar-refractivity contribution is 0.101. The van der Waals surface area contributed by atoms with Gasteiger partial charge in [0.1, 0.15) is 17.2 Å². The molecule has 2 aromatic rings. The Morgan fingerprint density at radius 3 is 2.47 bits per heavy atom. The minimum Gasteiger partial charge on any atom is -0.497 e. The van der Waals surface area contributed by atoms with Crippen molar-refractivity contribution in [3.8, 4) is 17.2 Å². The molecule has 0 heterocycles. The first-order valence-corrected chi connectivity index (χ1v) is 6.10. The van der Waals surface area contributed by atoms with Crippen molar-refractivity contribution in [1.29, 1.82) is 0 Å². The SMILES string of the molecule is COc1cccc(Oc2ccc(C(C)=O)cc2Cl)c1. The maximum atomic E-state index is 11.2. The Morgan fingerprint density at radius 2 is 1.84 bits per heavy atom. The van der Waals surface area contributed by atoms with Crippen molar-refractivity contribution in [3.05, 3.63) is 53.1 Å². The fourth-order valence-corrected chi connectivity index (χ4v) is 1.81. The molecule has 0 atom stereocenters. The summed E-state index contributed by atoms with van der Waals surface area (Å²) >= 11 is 6.09. The molecule has 2 aromatic carbocycles. The zero-order valence-corrected chi connectivity index (χ0v) is 11.4. The first kappa shape index (κ1) is 13.4. The molecule has 19 heavy (non-hydrogen) atoms. The predicted molar refractivity (Wildman–Crippen MR) is 74.5 cm³/mol. The number of benzene rings is 2. The second-order valence-electron chi connectivity index (χ2n) is 3.98. The number of hydrogen-bond acceptors (Lipinski definition) is 3. The Balaban J connectivity index is 2.25. The summed E-state index contributed by atoms with van der Waals surface area (Å²) in [5.74, 6) is 1.79. The van der Waals surface area contributed by atoms with Gasteiger partial charge in [-0.1, -0.05) is 17.7 Å². The molecule has 0 unspecified atom stereocenters. The molecule has 0 radical (unpaired) electrons. The third-order valence-electron chi connectivity index (χ3n) is 2.61. The van der Waals surface area contributed by atoms with E-state index in [1.54, 1.807) is 37.4 Å². The van der Waals surface area contributed by atoms with E-state index in [0.29, 0.717) is 27.8 Å². The number of Topliss-reactive ketones (excluding diaryl/α,β-unsaturated/α-hetero) is 1. The number of halogens is 1. The molecule has 4 heteroatoms. The van der Waals surface area contributed by atoms with Gasteiger partial charge in [0, 0.05) is 11.6 Å². The highest BCUT2D eigenvalue weighted by Crippen LogP contribution is 2.31. The van der Waals surface area contributed by atoms with Crippen LogP contribution in [0.5, 0.6) is 17.2 Å². The van der Waals surface area contributed by atoms with Gasteiger partial charge in [0.2, 0.25) is 0 Å². The van der Waals surface area contributed by atoms with E-state index in [1.165, 1.54) is 6.92 Å². The third-order valence-corrected chi connectivity index (χ3v) is 2.90. The predicted octanol–water partition coefficient (Wildman–Crippen LogP) is 4.34. The Labute approximate surface area is 116 Å². The van der Waals surface area contributed by atoms with E-state index in [2.05, 4.69) is 0 Å². The van der Waals surface area contributed by atoms with E-state index in [1.807, 2.05) is 12.1 Å². The van der Waals surface area contributed by atoms with Crippen LogP contribution in [0.25, 0.3) is 0 Å². The molecule has 0 spiro atoms. The second-order valence-corrected chi connectivity index (χ2v) is 4.39. The fraction of sp³-hybridized carbons (Fsp3) is 0.133. The Bertz CT molecular complexity index is 608. The molecule has 0 amide bonds. The van der Waals surface area contributed by atoms with Gasteiger partial charge >= 0.3 is 0 Å². The molecule has 0 aliphatic rings. The smallest absolute Gasteiger partial charge is 0.159 e. The highest BCUT2D eigenvalue weighted by Gasteiger charge is 2.07. The Kier molecular flexibility index (Phi) is 4.07. The minimum atomic E-state index is -0.0326. The third kappa shape index (κ3) is 3.26. The number of methoxy groups -OCH3 is 1. The topological polar surface area (TPSA) is 35.5 Å². The molecule has 0 bridgehead atoms. The first-order valence-electron chi connectivity index (χ1n) is 5.72. The van der Waals surface area contributed by atoms with E-state index < -0.39 is 0 Å². The number of carbonyl (C=O) groups excluding carboxylic acids is 1. The molecule has 3 nitrogen and oxygen atoms in total. The summed E-state index contributed by atoms with van der Waals surface area (Å²) in [5, 5.41) is 0.399. The lowest BCUT2D eigenvalue weighted by atomic mass is 10.1. The molecule has 0 N–H and O–H groups in total. The first-order chi connectivity index (χ1) is 9.10. The monoisotopic (exact) mass is 276 g/mol. The van der Waals surface area contributed by atoms with Crippen LogP contribution in [-0.4, -0.2) is 12.9 Å². The summed E-state index contributed by atoms with van der Waals surface area (Å²) in [7, 11) is 1.59. The summed E-state index contributed by atoms with van der Waals surface area (Å²) in [5.41, 5.74) is 0.558. The van der Waals surface area contributed by atoms with Crippen LogP contribution in [0.3, 0.4) is 0 Å². The number of carbonyl (C=O) groups is 1. The van der Waals surface area contributed by atoms with Crippen molar-refractivity contribution in [3.63, 3.8) is 0 Å². The molecule has 0 aromatic heterocycles. The van der Waals surface area contributed by atoms with Crippen molar-refractivity contribution >= 4 is 17.4 Å². The zero-order valence-electron chi connectivity index (χ0n) is 10.6. The summed E-state index contributed by atoms with van der Waals surface area (Å²) in [4.78, 5) is 11.2. The second kappa shape index (κ2) is 5.76. The molecule has 0 aliphatic heterocycles. The normalized spacial score (nSPS) is 10.1. The van der Waals surface area contributed by atoms with E-state index in [-0.39, 0.29) is 5.78 Å². The number of ketones is 1. The summed E-state index contributed by atoms with van der Waals surface area (Å²) in [6.07, 6.45) is 0. The molecule has 98 valence electrons. The average molecular weight is 277 g/mol. The summed E-state index contributed by atoms with van der Waals surface area (Å²) < 4.78 is 10.8. The van der Waals surface area contributed by atoms with E-state index in [4.69, 9.17) is 21.1 Å². The van der Waals surface area contributed by atoms with Gasteiger partial charge < -0.3 is 9.47 Å². The highest BCUT2D eigenvalue weighted by molar-refractivity contribution is 6.32. The van der Waals surface area contributed by atoms with Crippen molar-refractivity contribution in [1.82, 2.24) is 0 Å². The van der Waals surface area contributed by atoms with Crippen LogP contribution in [0.4, 0.5) is 0 Å². The van der Waals surface area contributed by atoms with Crippen LogP contribution in [-0.2, 0) is 0 Å². The van der Waals surface area contributed by atoms with Crippen molar-refractivity contribution in [2.45, 2.75) is 6.92 Å². The van der Waals surface area contributed by atoms with Crippen molar-refractivity contribution in [2.75, 3.05) is 7.11 Å². The minimum absolute atomic E-state index is 0.0326. The maximum absolute atomic E-state index is 11.2. The van der Waals surface area contributed by atoms with E-state index in [0.717, 1.165) is 0 Å². The number of hydrogen-bond donors (Lipinski definition) is 0. The van der Waals surface area contributed by atoms with Gasteiger partial charge in [-0.2, -0.15) is 0 Å². The van der Waals surface area contributed by atoms with E-state index in [9.17, 15) is 4.79 Å². The average Bonchev–Trinajstić information content (AvgIpc) is 2.41. The maximum Gasteiger partial charge on any atom is 0.159 e. The number of rotatable bonds is 4. The Morgan fingerprint density at radius 1 is 1.11 bits per heavy atom. The van der Waals surface area contributed by atoms with Crippen LogP contribution in [0.2, 0.25) is 5.02 Å². The molecule has 0 saturated carbocycles. The highest BCUT2D eigenvalue weighted by atomic mass is 35.5. The molecular formula is C15H13ClO3. The number of ether oxygens (including phenoxy) is 2. The van der Waals surface area contributed by atoms with Crippen LogP contribution in [0, 0.1) is 0 Å². The summed E-state index contributed by atoms with van der Waals surface area (Å²) in [6.45, 7) is 1.49. The molecular weight excluding hydrogens is 264 g/mol. The van der Waals surface area contributed by atoms with Gasteiger partial charge in [0.25, 0.3) is 0 Å². The standard InChI is InChI=1S/C15H13ClO3/c1-10(17)11-6-7-15(14(16)8-11)19-13-5-3-4-12(9-13)18-2/h3-9H,1-2H3. The van der Waals surface area contributed by atoms with Crippen LogP contribution in [0.15, 0.2) is 42.5 Å². The molecule has 0 fully saturated rings. The summed E-state index contributed by atoms with van der Waals surface area (Å²) in [6, 6.07) is 12.2. The van der Waals surface area contributed by atoms with E-state index >= 15 is 0 Å². The Hall–Kier alpha value is -2.00. The fourth-order valence-electron chi connectivity index (χ4n) is 1.59. The van der Waals surface area contributed by atoms with Gasteiger partial charge in [-0.05, 0) is 37.3 Å². The van der Waals surface area contributed by atoms with Crippen LogP contribution < -0.4 is 9.47 Å². The van der Waals surface area contributed by atoms with Crippen LogP contribution in [0.1, 0.15) is 17.3 Å². The van der Waals surface area contributed by atoms with Crippen LogP contribution >= 0.6 is 11.6 Å². The van der Waals surface area contributed by atoms with Gasteiger partial charge in [-0.15, -0.1) is 0 Å². The lowest BCUT2D eigenvalue weighted by Crippen LogP contribution is -1.93. The molecule has 0 saturated heterocycles. The van der Waals surface area contributed by atoms with Gasteiger partial charge in [-0.25, -0.2) is 0 Å². The zero-order chi connectivity index (χ0) is 13.8. The van der Waals surface area contributed by atoms with Crippen molar-refractivity contribution < 1.29 is 14.3 Å². The van der Waals surface area contributed by atoms with Gasteiger partial charge in [0.15, 0.2) is 5.78 Å². The van der Waals surface area contributed by atoms with Gasteiger partial charge in [-0.3, -0.25) is 4.79 Å². The lowest BCUT2D eigenvalue weighted by Gasteiger charge is -2.09. The molecule has 2 rings (SSSR count). The largest absolute Gasteiger partial charge is 0.497 e. The van der Waals surface area contributed by atoms with Gasteiger partial charge in [0.05, 0.1) is 12.1 Å². The van der Waals surface area contributed by atoms with Crippen molar-refractivity contribution in [2.24, 2.45) is 0 Å².